The molecule has 0 fully saturated rings. The first-order valence-electron chi connectivity index (χ1n) is 8.38. The van der Waals surface area contributed by atoms with Crippen LogP contribution in [0, 0.1) is 0 Å². The second kappa shape index (κ2) is 6.17. The fourth-order valence-corrected chi connectivity index (χ4v) is 3.65. The largest absolute Gasteiger partial charge is 0.293 e. The van der Waals surface area contributed by atoms with Crippen molar-refractivity contribution in [2.24, 2.45) is 0 Å². The molecule has 0 aliphatic carbocycles. The van der Waals surface area contributed by atoms with Crippen molar-refractivity contribution in [3.05, 3.63) is 64.2 Å². The second-order valence-corrected chi connectivity index (χ2v) is 8.05. The molecule has 4 rings (SSSR count). The first-order chi connectivity index (χ1) is 12.4. The summed E-state index contributed by atoms with van der Waals surface area (Å²) in [6.07, 6.45) is 3.47. The van der Waals surface area contributed by atoms with Crippen molar-refractivity contribution < 1.29 is 0 Å². The van der Waals surface area contributed by atoms with E-state index >= 15 is 0 Å². The van der Waals surface area contributed by atoms with E-state index in [1.165, 1.54) is 4.68 Å². The lowest BCUT2D eigenvalue weighted by Crippen LogP contribution is -2.31. The maximum atomic E-state index is 13.2. The fourth-order valence-electron chi connectivity index (χ4n) is 2.93. The molecule has 0 unspecified atom stereocenters. The molecule has 4 aromatic heterocycles. The van der Waals surface area contributed by atoms with E-state index in [1.54, 1.807) is 28.4 Å². The van der Waals surface area contributed by atoms with Gasteiger partial charge in [-0.05, 0) is 44.4 Å². The van der Waals surface area contributed by atoms with Gasteiger partial charge in [-0.2, -0.15) is 10.2 Å². The SMILES string of the molecule is CC(C)(C)n1ncc2c(-c3cccs3)nn(Cc3ccccn3)c(=O)c21. The number of fused-ring (bicyclic) bond motifs is 1. The molecule has 0 radical (unpaired) electrons. The maximum Gasteiger partial charge on any atom is 0.293 e. The molecule has 0 aromatic carbocycles. The molecule has 0 amide bonds. The molecule has 0 bridgehead atoms. The Hall–Kier alpha value is -2.80. The third kappa shape index (κ3) is 2.84. The van der Waals surface area contributed by atoms with Crippen molar-refractivity contribution in [1.82, 2.24) is 24.5 Å². The van der Waals surface area contributed by atoms with Gasteiger partial charge in [0.1, 0.15) is 11.2 Å². The van der Waals surface area contributed by atoms with Crippen LogP contribution < -0.4 is 5.56 Å². The van der Waals surface area contributed by atoms with Crippen LogP contribution in [0.5, 0.6) is 0 Å². The van der Waals surface area contributed by atoms with E-state index in [2.05, 4.69) is 15.2 Å². The van der Waals surface area contributed by atoms with Crippen LogP contribution in [0.4, 0.5) is 0 Å². The van der Waals surface area contributed by atoms with Gasteiger partial charge in [-0.15, -0.1) is 11.3 Å². The Morgan fingerprint density at radius 3 is 2.65 bits per heavy atom. The minimum Gasteiger partial charge on any atom is -0.265 e. The van der Waals surface area contributed by atoms with Crippen LogP contribution in [-0.4, -0.2) is 24.5 Å². The lowest BCUT2D eigenvalue weighted by Gasteiger charge is -2.20. The van der Waals surface area contributed by atoms with Crippen molar-refractivity contribution in [2.75, 3.05) is 0 Å². The topological polar surface area (TPSA) is 65.6 Å². The molecule has 0 aliphatic heterocycles. The molecule has 0 spiro atoms. The molecule has 0 N–H and O–H groups in total. The van der Waals surface area contributed by atoms with E-state index in [9.17, 15) is 4.79 Å². The Labute approximate surface area is 154 Å². The van der Waals surface area contributed by atoms with Gasteiger partial charge in [0.05, 0.1) is 34.2 Å². The minimum atomic E-state index is -0.308. The van der Waals surface area contributed by atoms with Gasteiger partial charge in [-0.3, -0.25) is 14.5 Å². The predicted octanol–water partition coefficient (Wildman–Crippen LogP) is 3.52. The smallest absolute Gasteiger partial charge is 0.265 e. The summed E-state index contributed by atoms with van der Waals surface area (Å²) in [4.78, 5) is 18.5. The van der Waals surface area contributed by atoms with E-state index in [4.69, 9.17) is 0 Å². The van der Waals surface area contributed by atoms with Gasteiger partial charge >= 0.3 is 0 Å². The van der Waals surface area contributed by atoms with Crippen LogP contribution in [0.3, 0.4) is 0 Å². The van der Waals surface area contributed by atoms with E-state index in [0.717, 1.165) is 21.7 Å². The molecule has 4 aromatic rings. The first kappa shape index (κ1) is 16.7. The molecule has 0 saturated heterocycles. The highest BCUT2D eigenvalue weighted by molar-refractivity contribution is 7.13. The van der Waals surface area contributed by atoms with E-state index < -0.39 is 0 Å². The molecule has 0 aliphatic rings. The molecule has 6 nitrogen and oxygen atoms in total. The summed E-state index contributed by atoms with van der Waals surface area (Å²) in [7, 11) is 0. The molecule has 132 valence electrons. The molecular weight excluding hydrogens is 346 g/mol. The Balaban J connectivity index is 2.00. The van der Waals surface area contributed by atoms with Gasteiger partial charge in [0, 0.05) is 6.20 Å². The average Bonchev–Trinajstić information content (AvgIpc) is 3.27. The number of hydrogen-bond acceptors (Lipinski definition) is 5. The Kier molecular flexibility index (Phi) is 3.96. The lowest BCUT2D eigenvalue weighted by molar-refractivity contribution is 0.366. The molecule has 7 heteroatoms. The quantitative estimate of drug-likeness (QED) is 0.557. The van der Waals surface area contributed by atoms with Gasteiger partial charge in [-0.25, -0.2) is 4.68 Å². The number of rotatable bonds is 3. The number of pyridine rings is 1. The fraction of sp³-hybridized carbons (Fsp3) is 0.263. The summed E-state index contributed by atoms with van der Waals surface area (Å²) < 4.78 is 3.28. The number of aromatic nitrogens is 5. The average molecular weight is 365 g/mol. The lowest BCUT2D eigenvalue weighted by atomic mass is 10.1. The van der Waals surface area contributed by atoms with Gasteiger partial charge in [0.25, 0.3) is 5.56 Å². The molecule has 4 heterocycles. The third-order valence-corrected chi connectivity index (χ3v) is 4.99. The first-order valence-corrected chi connectivity index (χ1v) is 9.26. The summed E-state index contributed by atoms with van der Waals surface area (Å²) in [5, 5.41) is 11.9. The van der Waals surface area contributed by atoms with Crippen LogP contribution in [0.1, 0.15) is 26.5 Å². The van der Waals surface area contributed by atoms with E-state index in [0.29, 0.717) is 12.1 Å². The summed E-state index contributed by atoms with van der Waals surface area (Å²) in [6.45, 7) is 6.43. The Bertz CT molecular complexity index is 1100. The highest BCUT2D eigenvalue weighted by Gasteiger charge is 2.23. The summed E-state index contributed by atoms with van der Waals surface area (Å²) in [6, 6.07) is 9.65. The molecule has 0 saturated carbocycles. The summed E-state index contributed by atoms with van der Waals surface area (Å²) in [5.74, 6) is 0. The van der Waals surface area contributed by atoms with Crippen molar-refractivity contribution in [3.63, 3.8) is 0 Å². The van der Waals surface area contributed by atoms with Crippen LogP contribution in [0.25, 0.3) is 21.5 Å². The molecule has 26 heavy (non-hydrogen) atoms. The van der Waals surface area contributed by atoms with Crippen molar-refractivity contribution in [3.8, 4) is 10.6 Å². The third-order valence-electron chi connectivity index (χ3n) is 4.11. The monoisotopic (exact) mass is 365 g/mol. The van der Waals surface area contributed by atoms with Crippen LogP contribution >= 0.6 is 11.3 Å². The van der Waals surface area contributed by atoms with Gasteiger partial charge in [0.2, 0.25) is 0 Å². The van der Waals surface area contributed by atoms with Gasteiger partial charge < -0.3 is 0 Å². The second-order valence-electron chi connectivity index (χ2n) is 7.10. The molecular formula is C19H19N5OS. The zero-order valence-electron chi connectivity index (χ0n) is 14.9. The Morgan fingerprint density at radius 1 is 1.15 bits per heavy atom. The molecule has 0 atom stereocenters. The normalized spacial score (nSPS) is 12.0. The van der Waals surface area contributed by atoms with E-state index in [-0.39, 0.29) is 11.1 Å². The van der Waals surface area contributed by atoms with Crippen LogP contribution in [0.2, 0.25) is 0 Å². The number of thiophene rings is 1. The highest BCUT2D eigenvalue weighted by atomic mass is 32.1. The van der Waals surface area contributed by atoms with Gasteiger partial charge in [0.15, 0.2) is 0 Å². The predicted molar refractivity (Wildman–Crippen MR) is 103 cm³/mol. The number of nitrogens with zero attached hydrogens (tertiary/aromatic N) is 5. The van der Waals surface area contributed by atoms with Gasteiger partial charge in [-0.1, -0.05) is 12.1 Å². The zero-order valence-corrected chi connectivity index (χ0v) is 15.7. The number of hydrogen-bond donors (Lipinski definition) is 0. The Morgan fingerprint density at radius 2 is 2.00 bits per heavy atom. The van der Waals surface area contributed by atoms with Crippen molar-refractivity contribution >= 4 is 22.2 Å². The zero-order chi connectivity index (χ0) is 18.3. The van der Waals surface area contributed by atoms with Crippen LogP contribution in [0.15, 0.2) is 52.9 Å². The van der Waals surface area contributed by atoms with Crippen molar-refractivity contribution in [1.29, 1.82) is 0 Å². The van der Waals surface area contributed by atoms with Crippen LogP contribution in [-0.2, 0) is 12.1 Å². The minimum absolute atomic E-state index is 0.154. The summed E-state index contributed by atoms with van der Waals surface area (Å²) in [5.41, 5.74) is 1.68. The summed E-state index contributed by atoms with van der Waals surface area (Å²) >= 11 is 1.60. The standard InChI is InChI=1S/C19H19N5OS/c1-19(2,3)24-17-14(11-21-24)16(15-8-6-10-26-15)22-23(18(17)25)12-13-7-4-5-9-20-13/h4-11H,12H2,1-3H3. The van der Waals surface area contributed by atoms with Crippen molar-refractivity contribution in [2.45, 2.75) is 32.9 Å². The highest BCUT2D eigenvalue weighted by Crippen LogP contribution is 2.30. The maximum absolute atomic E-state index is 13.2. The van der Waals surface area contributed by atoms with E-state index in [1.807, 2.05) is 56.5 Å².